The van der Waals surface area contributed by atoms with Gasteiger partial charge in [0.05, 0.1) is 10.8 Å². The molecule has 2 aromatic rings. The third kappa shape index (κ3) is 12.2. The summed E-state index contributed by atoms with van der Waals surface area (Å²) in [6, 6.07) is 10.5. The number of hydrogen-bond donors (Lipinski definition) is 4. The summed E-state index contributed by atoms with van der Waals surface area (Å²) in [5, 5.41) is 17.7. The fourth-order valence-corrected chi connectivity index (χ4v) is 5.36. The molecule has 0 radical (unpaired) electrons. The van der Waals surface area contributed by atoms with Gasteiger partial charge in [-0.05, 0) is 42.9 Å². The Labute approximate surface area is 241 Å². The van der Waals surface area contributed by atoms with Crippen LogP contribution in [-0.2, 0) is 20.8 Å². The van der Waals surface area contributed by atoms with Crippen LogP contribution >= 0.6 is 11.8 Å². The summed E-state index contributed by atoms with van der Waals surface area (Å²) in [4.78, 5) is 54.9. The van der Waals surface area contributed by atoms with Gasteiger partial charge in [-0.1, -0.05) is 65.0 Å². The Morgan fingerprint density at radius 1 is 0.950 bits per heavy atom. The molecule has 1 aromatic carbocycles. The van der Waals surface area contributed by atoms with Crippen LogP contribution in [0.25, 0.3) is 0 Å². The zero-order valence-corrected chi connectivity index (χ0v) is 24.8. The molecule has 0 aliphatic carbocycles. The molecule has 0 spiro atoms. The van der Waals surface area contributed by atoms with E-state index in [9.17, 15) is 24.3 Å². The van der Waals surface area contributed by atoms with Crippen LogP contribution in [0.5, 0.6) is 0 Å². The van der Waals surface area contributed by atoms with E-state index in [1.165, 1.54) is 18.0 Å². The molecule has 3 atom stereocenters. The first-order chi connectivity index (χ1) is 18.9. The summed E-state index contributed by atoms with van der Waals surface area (Å²) in [5.41, 5.74) is 1.26. The Morgan fingerprint density at radius 2 is 1.62 bits per heavy atom. The monoisotopic (exact) mass is 570 g/mol. The molecule has 218 valence electrons. The number of amides is 3. The number of aliphatic carboxylic acids is 1. The van der Waals surface area contributed by atoms with Crippen molar-refractivity contribution >= 4 is 35.5 Å². The predicted molar refractivity (Wildman–Crippen MR) is 158 cm³/mol. The van der Waals surface area contributed by atoms with Crippen molar-refractivity contribution in [3.8, 4) is 0 Å². The molecule has 0 aliphatic rings. The van der Waals surface area contributed by atoms with Crippen molar-refractivity contribution in [2.75, 3.05) is 6.54 Å². The smallest absolute Gasteiger partial charge is 0.326 e. The number of carbonyl (C=O) groups excluding carboxylic acids is 3. The van der Waals surface area contributed by atoms with E-state index in [2.05, 4.69) is 20.9 Å². The van der Waals surface area contributed by atoms with Crippen molar-refractivity contribution in [1.82, 2.24) is 20.9 Å². The quantitative estimate of drug-likeness (QED) is 0.239. The van der Waals surface area contributed by atoms with Crippen molar-refractivity contribution in [3.63, 3.8) is 0 Å². The number of benzene rings is 1. The highest BCUT2D eigenvalue weighted by Crippen LogP contribution is 2.31. The van der Waals surface area contributed by atoms with Gasteiger partial charge in [0.15, 0.2) is 0 Å². The molecule has 9 nitrogen and oxygen atoms in total. The maximum absolute atomic E-state index is 13.5. The number of carboxylic acid groups (broad SMARTS) is 1. The number of aromatic nitrogens is 1. The number of rotatable bonds is 15. The largest absolute Gasteiger partial charge is 0.480 e. The first kappa shape index (κ1) is 32.8. The summed E-state index contributed by atoms with van der Waals surface area (Å²) in [6.45, 7) is 10.3. The molecule has 10 heteroatoms. The number of pyridine rings is 1. The summed E-state index contributed by atoms with van der Waals surface area (Å²) >= 11 is 1.50. The van der Waals surface area contributed by atoms with Gasteiger partial charge in [-0.25, -0.2) is 4.79 Å². The molecular formula is C30H42N4O5S. The van der Waals surface area contributed by atoms with Crippen LogP contribution in [0, 0.1) is 5.92 Å². The Hall–Kier alpha value is -3.40. The van der Waals surface area contributed by atoms with Crippen LogP contribution < -0.4 is 16.0 Å². The molecular weight excluding hydrogens is 528 g/mol. The van der Waals surface area contributed by atoms with Gasteiger partial charge in [-0.2, -0.15) is 0 Å². The van der Waals surface area contributed by atoms with Gasteiger partial charge in [0.1, 0.15) is 12.1 Å². The van der Waals surface area contributed by atoms with E-state index in [1.807, 2.05) is 65.0 Å². The molecule has 1 heterocycles. The van der Waals surface area contributed by atoms with Gasteiger partial charge >= 0.3 is 5.97 Å². The first-order valence-corrected chi connectivity index (χ1v) is 14.5. The number of nitrogens with one attached hydrogen (secondary N) is 3. The van der Waals surface area contributed by atoms with Crippen molar-refractivity contribution < 1.29 is 24.3 Å². The molecule has 1 aromatic heterocycles. The lowest BCUT2D eigenvalue weighted by atomic mass is 10.0. The van der Waals surface area contributed by atoms with E-state index < -0.39 is 29.2 Å². The third-order valence-corrected chi connectivity index (χ3v) is 7.32. The lowest BCUT2D eigenvalue weighted by molar-refractivity contribution is -0.142. The zero-order chi connectivity index (χ0) is 29.7. The number of carbonyl (C=O) groups is 4. The van der Waals surface area contributed by atoms with Gasteiger partial charge in [0, 0.05) is 30.1 Å². The van der Waals surface area contributed by atoms with Crippen LogP contribution in [0.2, 0.25) is 0 Å². The Bertz CT molecular complexity index is 1110. The highest BCUT2D eigenvalue weighted by Gasteiger charge is 2.31. The fraction of sp³-hybridized carbons (Fsp3) is 0.500. The molecule has 2 rings (SSSR count). The van der Waals surface area contributed by atoms with E-state index in [0.717, 1.165) is 5.56 Å². The SMILES string of the molecule is CC(C)CC(NC(=O)C(CCCNC(=O)c1cccnc1)SC(C)(C)C)C(=O)N[C@@H](Cc1ccccc1)C(=O)O. The van der Waals surface area contributed by atoms with Gasteiger partial charge < -0.3 is 21.1 Å². The van der Waals surface area contributed by atoms with Gasteiger partial charge in [0.25, 0.3) is 5.91 Å². The molecule has 0 bridgehead atoms. The molecule has 40 heavy (non-hydrogen) atoms. The summed E-state index contributed by atoms with van der Waals surface area (Å²) in [6.07, 6.45) is 4.65. The average Bonchev–Trinajstić information content (AvgIpc) is 2.89. The van der Waals surface area contributed by atoms with Crippen LogP contribution in [0.4, 0.5) is 0 Å². The van der Waals surface area contributed by atoms with Gasteiger partial charge in [0.2, 0.25) is 11.8 Å². The van der Waals surface area contributed by atoms with Gasteiger partial charge in [-0.3, -0.25) is 19.4 Å². The molecule has 2 unspecified atom stereocenters. The normalized spacial score (nSPS) is 13.7. The van der Waals surface area contributed by atoms with Gasteiger partial charge in [-0.15, -0.1) is 11.8 Å². The highest BCUT2D eigenvalue weighted by atomic mass is 32.2. The predicted octanol–water partition coefficient (Wildman–Crippen LogP) is 3.83. The van der Waals surface area contributed by atoms with Crippen molar-refractivity contribution in [2.24, 2.45) is 5.92 Å². The minimum Gasteiger partial charge on any atom is -0.480 e. The first-order valence-electron chi connectivity index (χ1n) is 13.6. The lowest BCUT2D eigenvalue weighted by Gasteiger charge is -2.28. The zero-order valence-electron chi connectivity index (χ0n) is 24.0. The molecule has 0 saturated carbocycles. The van der Waals surface area contributed by atoms with E-state index >= 15 is 0 Å². The van der Waals surface area contributed by atoms with Crippen LogP contribution in [-0.4, -0.2) is 62.4 Å². The average molecular weight is 571 g/mol. The molecule has 0 fully saturated rings. The summed E-state index contributed by atoms with van der Waals surface area (Å²) in [5.74, 6) is -2.08. The maximum atomic E-state index is 13.5. The molecule has 0 aliphatic heterocycles. The number of nitrogens with zero attached hydrogens (tertiary/aromatic N) is 1. The number of thioether (sulfide) groups is 1. The van der Waals surface area contributed by atoms with Crippen molar-refractivity contribution in [2.45, 2.75) is 82.4 Å². The Balaban J connectivity index is 2.05. The lowest BCUT2D eigenvalue weighted by Crippen LogP contribution is -2.54. The van der Waals surface area contributed by atoms with E-state index in [4.69, 9.17) is 0 Å². The molecule has 3 amide bonds. The Morgan fingerprint density at radius 3 is 2.20 bits per heavy atom. The van der Waals surface area contributed by atoms with Crippen LogP contribution in [0.3, 0.4) is 0 Å². The topological polar surface area (TPSA) is 137 Å². The molecule has 0 saturated heterocycles. The second-order valence-corrected chi connectivity index (χ2v) is 13.2. The van der Waals surface area contributed by atoms with E-state index in [0.29, 0.717) is 31.4 Å². The molecule has 4 N–H and O–H groups in total. The minimum absolute atomic E-state index is 0.0878. The van der Waals surface area contributed by atoms with Crippen LogP contribution in [0.15, 0.2) is 54.9 Å². The van der Waals surface area contributed by atoms with E-state index in [-0.39, 0.29) is 28.9 Å². The number of hydrogen-bond acceptors (Lipinski definition) is 6. The standard InChI is InChI=1S/C30H42N4O5S/c1-20(2)17-23(27(36)34-24(29(38)39)18-21-11-7-6-8-12-21)33-28(37)25(40-30(3,4)5)14-10-16-32-26(35)22-13-9-15-31-19-22/h6-9,11-13,15,19-20,23-25H,10,14,16-18H2,1-5H3,(H,32,35)(H,33,37)(H,34,36)(H,38,39)/t23?,24-,25?/m0/s1. The second kappa shape index (κ2) is 16.0. The highest BCUT2D eigenvalue weighted by molar-refractivity contribution is 8.01. The fourth-order valence-electron chi connectivity index (χ4n) is 4.05. The third-order valence-electron chi connectivity index (χ3n) is 5.88. The summed E-state index contributed by atoms with van der Waals surface area (Å²) < 4.78 is -0.221. The van der Waals surface area contributed by atoms with Crippen molar-refractivity contribution in [1.29, 1.82) is 0 Å². The summed E-state index contributed by atoms with van der Waals surface area (Å²) in [7, 11) is 0. The maximum Gasteiger partial charge on any atom is 0.326 e. The second-order valence-electron chi connectivity index (χ2n) is 11.1. The van der Waals surface area contributed by atoms with Crippen LogP contribution in [0.1, 0.15) is 69.8 Å². The minimum atomic E-state index is -1.14. The van der Waals surface area contributed by atoms with Crippen molar-refractivity contribution in [3.05, 3.63) is 66.0 Å². The number of carboxylic acids is 1. The Kier molecular flexibility index (Phi) is 13.1. The van der Waals surface area contributed by atoms with E-state index in [1.54, 1.807) is 18.3 Å².